The van der Waals surface area contributed by atoms with Gasteiger partial charge in [0.25, 0.3) is 0 Å². The minimum atomic E-state index is -3.42. The second-order valence-electron chi connectivity index (χ2n) is 5.69. The van der Waals surface area contributed by atoms with Gasteiger partial charge < -0.3 is 11.1 Å². The van der Waals surface area contributed by atoms with Crippen LogP contribution in [-0.2, 0) is 27.7 Å². The van der Waals surface area contributed by atoms with E-state index < -0.39 is 10.0 Å². The van der Waals surface area contributed by atoms with E-state index in [1.807, 2.05) is 24.3 Å². The Hall–Kier alpha value is -2.38. The van der Waals surface area contributed by atoms with Crippen LogP contribution >= 0.6 is 0 Å². The molecule has 0 fully saturated rings. The number of aryl methyl sites for hydroxylation is 1. The summed E-state index contributed by atoms with van der Waals surface area (Å²) in [6.07, 6.45) is 1.68. The smallest absolute Gasteiger partial charge is 0.240 e. The normalized spacial score (nSPS) is 11.2. The van der Waals surface area contributed by atoms with Crippen molar-refractivity contribution < 1.29 is 13.2 Å². The van der Waals surface area contributed by atoms with E-state index in [-0.39, 0.29) is 10.8 Å². The van der Waals surface area contributed by atoms with Gasteiger partial charge in [-0.2, -0.15) is 0 Å². The van der Waals surface area contributed by atoms with Gasteiger partial charge in [0.05, 0.1) is 4.90 Å². The van der Waals surface area contributed by atoms with Crippen LogP contribution in [0.2, 0.25) is 0 Å². The molecule has 0 radical (unpaired) electrons. The molecular weight excluding hydrogens is 338 g/mol. The number of amides is 1. The molecule has 0 saturated carbocycles. The van der Waals surface area contributed by atoms with Crippen molar-refractivity contribution in [3.63, 3.8) is 0 Å². The Morgan fingerprint density at radius 2 is 1.52 bits per heavy atom. The molecule has 2 aromatic rings. The molecule has 0 bridgehead atoms. The summed E-state index contributed by atoms with van der Waals surface area (Å²) >= 11 is 0. The molecule has 0 heterocycles. The van der Waals surface area contributed by atoms with Gasteiger partial charge in [0, 0.05) is 18.7 Å². The van der Waals surface area contributed by atoms with Gasteiger partial charge >= 0.3 is 0 Å². The summed E-state index contributed by atoms with van der Waals surface area (Å²) in [6.45, 7) is 0.572. The molecule has 2 aromatic carbocycles. The van der Waals surface area contributed by atoms with E-state index in [1.165, 1.54) is 7.05 Å². The number of nitrogen functional groups attached to an aromatic ring is 1. The Balaban J connectivity index is 1.75. The molecule has 6 nitrogen and oxygen atoms in total. The highest BCUT2D eigenvalue weighted by Gasteiger charge is 2.10. The van der Waals surface area contributed by atoms with E-state index in [1.54, 1.807) is 24.3 Å². The van der Waals surface area contributed by atoms with E-state index in [2.05, 4.69) is 10.0 Å². The van der Waals surface area contributed by atoms with Gasteiger partial charge in [0.1, 0.15) is 0 Å². The van der Waals surface area contributed by atoms with Gasteiger partial charge in [0.2, 0.25) is 15.9 Å². The topological polar surface area (TPSA) is 101 Å². The van der Waals surface area contributed by atoms with Crippen LogP contribution in [0.15, 0.2) is 53.4 Å². The third-order valence-corrected chi connectivity index (χ3v) is 5.29. The quantitative estimate of drug-likeness (QED) is 0.620. The van der Waals surface area contributed by atoms with Crippen molar-refractivity contribution in [1.82, 2.24) is 10.0 Å². The molecular formula is C18H23N3O3S. The summed E-state index contributed by atoms with van der Waals surface area (Å²) in [7, 11) is -2.05. The summed E-state index contributed by atoms with van der Waals surface area (Å²) in [6, 6.07) is 14.1. The van der Waals surface area contributed by atoms with Crippen molar-refractivity contribution in [2.45, 2.75) is 24.2 Å². The Labute approximate surface area is 148 Å². The molecule has 0 aromatic heterocycles. The highest BCUT2D eigenvalue weighted by Crippen LogP contribution is 2.11. The number of carbonyl (C=O) groups is 1. The summed E-state index contributed by atoms with van der Waals surface area (Å²) in [5, 5.41) is 2.88. The van der Waals surface area contributed by atoms with Crippen molar-refractivity contribution in [1.29, 1.82) is 0 Å². The number of nitrogens with two attached hydrogens (primary N) is 1. The van der Waals surface area contributed by atoms with Crippen LogP contribution in [0.5, 0.6) is 0 Å². The van der Waals surface area contributed by atoms with Crippen LogP contribution < -0.4 is 15.8 Å². The van der Waals surface area contributed by atoms with Gasteiger partial charge in [-0.3, -0.25) is 4.79 Å². The maximum Gasteiger partial charge on any atom is 0.240 e. The number of benzene rings is 2. The van der Waals surface area contributed by atoms with Crippen LogP contribution in [0.1, 0.15) is 17.5 Å². The molecule has 2 rings (SSSR count). The summed E-state index contributed by atoms with van der Waals surface area (Å²) in [5.41, 5.74) is 8.40. The van der Waals surface area contributed by atoms with Crippen LogP contribution in [0, 0.1) is 0 Å². The Morgan fingerprint density at radius 3 is 2.12 bits per heavy atom. The fraction of sp³-hybridized carbons (Fsp3) is 0.278. The summed E-state index contributed by atoms with van der Waals surface area (Å²) in [4.78, 5) is 12.1. The molecule has 134 valence electrons. The fourth-order valence-electron chi connectivity index (χ4n) is 2.33. The zero-order valence-electron chi connectivity index (χ0n) is 14.2. The zero-order valence-corrected chi connectivity index (χ0v) is 15.0. The molecule has 0 aliphatic heterocycles. The molecule has 0 aliphatic carbocycles. The molecule has 25 heavy (non-hydrogen) atoms. The second-order valence-corrected chi connectivity index (χ2v) is 7.58. The lowest BCUT2D eigenvalue weighted by molar-refractivity contribution is -0.121. The average molecular weight is 361 g/mol. The number of rotatable bonds is 8. The molecule has 0 atom stereocenters. The first-order valence-corrected chi connectivity index (χ1v) is 9.52. The third kappa shape index (κ3) is 5.88. The van der Waals surface area contributed by atoms with Gasteiger partial charge in [0.15, 0.2) is 0 Å². The van der Waals surface area contributed by atoms with Gasteiger partial charge in [-0.15, -0.1) is 0 Å². The lowest BCUT2D eigenvalue weighted by Crippen LogP contribution is -2.25. The van der Waals surface area contributed by atoms with Gasteiger partial charge in [-0.1, -0.05) is 24.3 Å². The van der Waals surface area contributed by atoms with E-state index in [0.29, 0.717) is 19.4 Å². The number of sulfonamides is 1. The van der Waals surface area contributed by atoms with Crippen molar-refractivity contribution >= 4 is 21.6 Å². The molecule has 1 amide bonds. The van der Waals surface area contributed by atoms with Crippen LogP contribution in [0.3, 0.4) is 0 Å². The first-order valence-electron chi connectivity index (χ1n) is 8.04. The van der Waals surface area contributed by atoms with E-state index in [0.717, 1.165) is 23.2 Å². The van der Waals surface area contributed by atoms with E-state index in [9.17, 15) is 13.2 Å². The summed E-state index contributed by atoms with van der Waals surface area (Å²) in [5.74, 6) is -0.0256. The molecule has 7 heteroatoms. The zero-order chi connectivity index (χ0) is 18.3. The van der Waals surface area contributed by atoms with Gasteiger partial charge in [-0.25, -0.2) is 13.1 Å². The summed E-state index contributed by atoms with van der Waals surface area (Å²) < 4.78 is 25.6. The fourth-order valence-corrected chi connectivity index (χ4v) is 3.06. The first-order chi connectivity index (χ1) is 11.9. The number of hydrogen-bond donors (Lipinski definition) is 3. The molecule has 0 spiro atoms. The number of hydrogen-bond acceptors (Lipinski definition) is 4. The monoisotopic (exact) mass is 361 g/mol. The Bertz CT molecular complexity index is 800. The number of anilines is 1. The van der Waals surface area contributed by atoms with Crippen molar-refractivity contribution in [2.75, 3.05) is 19.3 Å². The van der Waals surface area contributed by atoms with Crippen molar-refractivity contribution in [2.24, 2.45) is 0 Å². The highest BCUT2D eigenvalue weighted by molar-refractivity contribution is 7.89. The Kier molecular flexibility index (Phi) is 6.55. The number of carbonyl (C=O) groups excluding carboxylic acids is 1. The van der Waals surface area contributed by atoms with Crippen LogP contribution in [0.25, 0.3) is 0 Å². The largest absolute Gasteiger partial charge is 0.399 e. The maximum atomic E-state index is 11.9. The van der Waals surface area contributed by atoms with E-state index >= 15 is 0 Å². The van der Waals surface area contributed by atoms with Crippen molar-refractivity contribution in [3.8, 4) is 0 Å². The lowest BCUT2D eigenvalue weighted by atomic mass is 10.1. The molecule has 0 unspecified atom stereocenters. The SMILES string of the molecule is CNS(=O)(=O)c1ccc(CCC(=O)NCCc2ccc(N)cc2)cc1. The van der Waals surface area contributed by atoms with Crippen LogP contribution in [-0.4, -0.2) is 27.9 Å². The number of nitrogens with one attached hydrogen (secondary N) is 2. The third-order valence-electron chi connectivity index (χ3n) is 3.86. The van der Waals surface area contributed by atoms with E-state index in [4.69, 9.17) is 5.73 Å². The Morgan fingerprint density at radius 1 is 0.960 bits per heavy atom. The van der Waals surface area contributed by atoms with Crippen molar-refractivity contribution in [3.05, 3.63) is 59.7 Å². The van der Waals surface area contributed by atoms with Crippen LogP contribution in [0.4, 0.5) is 5.69 Å². The molecule has 4 N–H and O–H groups in total. The predicted molar refractivity (Wildman–Crippen MR) is 98.6 cm³/mol. The minimum absolute atomic E-state index is 0.0256. The molecule has 0 aliphatic rings. The average Bonchev–Trinajstić information content (AvgIpc) is 2.62. The molecule has 0 saturated heterocycles. The second kappa shape index (κ2) is 8.64. The van der Waals surface area contributed by atoms with Gasteiger partial charge in [-0.05, 0) is 55.3 Å². The predicted octanol–water partition coefficient (Wildman–Crippen LogP) is 1.47. The maximum absolute atomic E-state index is 11.9. The minimum Gasteiger partial charge on any atom is -0.399 e. The highest BCUT2D eigenvalue weighted by atomic mass is 32.2. The lowest BCUT2D eigenvalue weighted by Gasteiger charge is -2.07. The standard InChI is InChI=1S/C18H23N3O3S/c1-20-25(23,24)17-9-4-14(5-10-17)6-11-18(22)21-13-12-15-2-7-16(19)8-3-15/h2-5,7-10,20H,6,11-13,19H2,1H3,(H,21,22). The first kappa shape index (κ1) is 19.0.